The van der Waals surface area contributed by atoms with E-state index in [1.165, 1.54) is 0 Å². The maximum Gasteiger partial charge on any atom is 0.389 e. The third kappa shape index (κ3) is 8.69. The second-order valence-electron chi connectivity index (χ2n) is 3.82. The highest BCUT2D eigenvalue weighted by Gasteiger charge is 2.26. The molecule has 0 aromatic rings. The van der Waals surface area contributed by atoms with E-state index in [0.717, 1.165) is 6.42 Å². The van der Waals surface area contributed by atoms with Crippen molar-refractivity contribution < 1.29 is 18.3 Å². The van der Waals surface area contributed by atoms with Crippen LogP contribution < -0.4 is 5.32 Å². The van der Waals surface area contributed by atoms with Gasteiger partial charge in [0.25, 0.3) is 0 Å². The van der Waals surface area contributed by atoms with Crippen LogP contribution in [0.2, 0.25) is 0 Å². The highest BCUT2D eigenvalue weighted by Crippen LogP contribution is 2.20. The molecule has 2 N–H and O–H groups in total. The Kier molecular flexibility index (Phi) is 6.92. The number of nitrogens with one attached hydrogen (secondary N) is 1. The van der Waals surface area contributed by atoms with Crippen LogP contribution in [0, 0.1) is 0 Å². The van der Waals surface area contributed by atoms with Crippen molar-refractivity contribution in [2.75, 3.05) is 6.54 Å². The number of hydrogen-bond acceptors (Lipinski definition) is 2. The van der Waals surface area contributed by atoms with E-state index in [4.69, 9.17) is 0 Å². The Labute approximate surface area is 88.9 Å². The average Bonchev–Trinajstić information content (AvgIpc) is 2.11. The lowest BCUT2D eigenvalue weighted by Gasteiger charge is -2.19. The molecule has 0 aromatic heterocycles. The van der Waals surface area contributed by atoms with Crippen molar-refractivity contribution in [3.63, 3.8) is 0 Å². The molecule has 0 aliphatic carbocycles. The highest BCUT2D eigenvalue weighted by molar-refractivity contribution is 4.70. The van der Waals surface area contributed by atoms with Crippen LogP contribution in [-0.4, -0.2) is 30.0 Å². The van der Waals surface area contributed by atoms with Crippen molar-refractivity contribution in [2.45, 2.75) is 57.9 Å². The summed E-state index contributed by atoms with van der Waals surface area (Å²) in [5.41, 5.74) is 0. The molecule has 0 amide bonds. The van der Waals surface area contributed by atoms with Gasteiger partial charge in [-0.1, -0.05) is 13.3 Å². The van der Waals surface area contributed by atoms with E-state index in [1.807, 2.05) is 6.92 Å². The number of aliphatic hydroxyl groups excluding tert-OH is 1. The molecule has 0 bridgehead atoms. The molecule has 0 aliphatic heterocycles. The third-order valence-electron chi connectivity index (χ3n) is 2.26. The predicted octanol–water partition coefficient (Wildman–Crippen LogP) is 2.47. The summed E-state index contributed by atoms with van der Waals surface area (Å²) < 4.78 is 35.3. The van der Waals surface area contributed by atoms with E-state index in [-0.39, 0.29) is 12.5 Å². The maximum atomic E-state index is 11.8. The van der Waals surface area contributed by atoms with Crippen LogP contribution in [0.25, 0.3) is 0 Å². The number of hydrogen-bond donors (Lipinski definition) is 2. The summed E-state index contributed by atoms with van der Waals surface area (Å²) in [7, 11) is 0. The zero-order chi connectivity index (χ0) is 11.9. The zero-order valence-electron chi connectivity index (χ0n) is 9.27. The molecule has 2 atom stereocenters. The van der Waals surface area contributed by atoms with Gasteiger partial charge in [0.2, 0.25) is 0 Å². The van der Waals surface area contributed by atoms with Gasteiger partial charge in [-0.05, 0) is 26.3 Å². The Hall–Kier alpha value is -0.290. The molecular weight excluding hydrogens is 207 g/mol. The Bertz CT molecular complexity index is 161. The van der Waals surface area contributed by atoms with Crippen LogP contribution in [0.3, 0.4) is 0 Å². The lowest BCUT2D eigenvalue weighted by atomic mass is 10.1. The lowest BCUT2D eigenvalue weighted by molar-refractivity contribution is -0.135. The molecule has 0 heterocycles. The van der Waals surface area contributed by atoms with Crippen molar-refractivity contribution in [1.82, 2.24) is 5.32 Å². The van der Waals surface area contributed by atoms with Crippen LogP contribution >= 0.6 is 0 Å². The minimum atomic E-state index is -4.08. The second-order valence-corrected chi connectivity index (χ2v) is 3.82. The topological polar surface area (TPSA) is 32.3 Å². The zero-order valence-corrected chi connectivity index (χ0v) is 9.27. The number of alkyl halides is 3. The fourth-order valence-electron chi connectivity index (χ4n) is 1.30. The van der Waals surface area contributed by atoms with Gasteiger partial charge in [0.1, 0.15) is 0 Å². The number of halogens is 3. The molecule has 0 spiro atoms. The Morgan fingerprint density at radius 3 is 2.40 bits per heavy atom. The van der Waals surface area contributed by atoms with Crippen LogP contribution in [0.4, 0.5) is 13.2 Å². The highest BCUT2D eigenvalue weighted by atomic mass is 19.4. The fraction of sp³-hybridized carbons (Fsp3) is 1.00. The molecule has 0 saturated heterocycles. The average molecular weight is 227 g/mol. The molecular formula is C10H20F3NO. The molecule has 0 aliphatic rings. The van der Waals surface area contributed by atoms with Gasteiger partial charge in [0, 0.05) is 12.5 Å². The van der Waals surface area contributed by atoms with E-state index in [0.29, 0.717) is 13.0 Å². The Morgan fingerprint density at radius 2 is 1.93 bits per heavy atom. The molecule has 2 nitrogen and oxygen atoms in total. The van der Waals surface area contributed by atoms with Gasteiger partial charge in [-0.25, -0.2) is 0 Å². The standard InChI is InChI=1S/C10H20F3NO/c1-3-5-9(15)8(2)14-7-4-6-10(11,12)13/h8-9,14-15H,3-7H2,1-2H3/t8?,9-/m0/s1. The smallest absolute Gasteiger partial charge is 0.389 e. The van der Waals surface area contributed by atoms with Crippen molar-refractivity contribution in [1.29, 1.82) is 0 Å². The predicted molar refractivity (Wildman–Crippen MR) is 53.7 cm³/mol. The first-order chi connectivity index (χ1) is 6.87. The van der Waals surface area contributed by atoms with Gasteiger partial charge < -0.3 is 10.4 Å². The van der Waals surface area contributed by atoms with Crippen molar-refractivity contribution in [3.05, 3.63) is 0 Å². The van der Waals surface area contributed by atoms with Gasteiger partial charge in [-0.3, -0.25) is 0 Å². The first-order valence-corrected chi connectivity index (χ1v) is 5.35. The first-order valence-electron chi connectivity index (χ1n) is 5.35. The molecule has 0 fully saturated rings. The molecule has 0 aromatic carbocycles. The van der Waals surface area contributed by atoms with Gasteiger partial charge in [0.05, 0.1) is 6.10 Å². The van der Waals surface area contributed by atoms with Crippen LogP contribution in [0.1, 0.15) is 39.5 Å². The SMILES string of the molecule is CCC[C@H](O)C(C)NCCCC(F)(F)F. The summed E-state index contributed by atoms with van der Waals surface area (Å²) in [4.78, 5) is 0. The third-order valence-corrected chi connectivity index (χ3v) is 2.26. The van der Waals surface area contributed by atoms with Crippen LogP contribution in [-0.2, 0) is 0 Å². The minimum absolute atomic E-state index is 0.0622. The molecule has 92 valence electrons. The van der Waals surface area contributed by atoms with Crippen molar-refractivity contribution >= 4 is 0 Å². The van der Waals surface area contributed by atoms with E-state index >= 15 is 0 Å². The van der Waals surface area contributed by atoms with E-state index in [9.17, 15) is 18.3 Å². The monoisotopic (exact) mass is 227 g/mol. The summed E-state index contributed by atoms with van der Waals surface area (Å²) in [5.74, 6) is 0. The van der Waals surface area contributed by atoms with Crippen molar-refractivity contribution in [3.8, 4) is 0 Å². The molecule has 0 saturated carbocycles. The molecule has 1 unspecified atom stereocenters. The van der Waals surface area contributed by atoms with Crippen LogP contribution in [0.5, 0.6) is 0 Å². The van der Waals surface area contributed by atoms with E-state index < -0.39 is 18.7 Å². The van der Waals surface area contributed by atoms with E-state index in [2.05, 4.69) is 5.32 Å². The Morgan fingerprint density at radius 1 is 1.33 bits per heavy atom. The molecule has 15 heavy (non-hydrogen) atoms. The van der Waals surface area contributed by atoms with Gasteiger partial charge in [-0.2, -0.15) is 13.2 Å². The van der Waals surface area contributed by atoms with Crippen LogP contribution in [0.15, 0.2) is 0 Å². The quantitative estimate of drug-likeness (QED) is 0.655. The van der Waals surface area contributed by atoms with E-state index in [1.54, 1.807) is 6.92 Å². The summed E-state index contributed by atoms with van der Waals surface area (Å²) in [6.07, 6.45) is -3.71. The normalized spacial score (nSPS) is 16.4. The minimum Gasteiger partial charge on any atom is -0.392 e. The first kappa shape index (κ1) is 14.7. The molecule has 0 rings (SSSR count). The van der Waals surface area contributed by atoms with Crippen molar-refractivity contribution in [2.24, 2.45) is 0 Å². The van der Waals surface area contributed by atoms with Gasteiger partial charge in [-0.15, -0.1) is 0 Å². The largest absolute Gasteiger partial charge is 0.392 e. The Balaban J connectivity index is 3.50. The number of rotatable bonds is 7. The summed E-state index contributed by atoms with van der Waals surface area (Å²) in [5, 5.41) is 12.4. The lowest BCUT2D eigenvalue weighted by Crippen LogP contribution is -2.38. The summed E-state index contributed by atoms with van der Waals surface area (Å²) in [6, 6.07) is -0.141. The number of aliphatic hydroxyl groups is 1. The van der Waals surface area contributed by atoms with Gasteiger partial charge in [0.15, 0.2) is 0 Å². The fourth-order valence-corrected chi connectivity index (χ4v) is 1.30. The summed E-state index contributed by atoms with van der Waals surface area (Å²) in [6.45, 7) is 4.04. The molecule has 5 heteroatoms. The summed E-state index contributed by atoms with van der Waals surface area (Å²) >= 11 is 0. The maximum absolute atomic E-state index is 11.8. The second kappa shape index (κ2) is 7.06. The van der Waals surface area contributed by atoms with Gasteiger partial charge >= 0.3 is 6.18 Å². The molecule has 0 radical (unpaired) electrons.